The third-order valence-corrected chi connectivity index (χ3v) is 3.47. The Morgan fingerprint density at radius 2 is 2.11 bits per heavy atom. The number of nitrogens with two attached hydrogens (primary N) is 1. The van der Waals surface area contributed by atoms with E-state index >= 15 is 0 Å². The second-order valence-corrected chi connectivity index (χ2v) is 4.69. The average Bonchev–Trinajstić information content (AvgIpc) is 2.80. The first-order valence-corrected chi connectivity index (χ1v) is 6.09. The smallest absolute Gasteiger partial charge is 0.227 e. The highest BCUT2D eigenvalue weighted by Crippen LogP contribution is 2.30. The highest BCUT2D eigenvalue weighted by Gasteiger charge is 2.34. The molecule has 0 bridgehead atoms. The second kappa shape index (κ2) is 4.35. The van der Waals surface area contributed by atoms with E-state index < -0.39 is 11.8 Å². The van der Waals surface area contributed by atoms with Crippen molar-refractivity contribution >= 4 is 28.3 Å². The first-order chi connectivity index (χ1) is 9.16. The summed E-state index contributed by atoms with van der Waals surface area (Å²) >= 11 is 0. The van der Waals surface area contributed by atoms with Gasteiger partial charge in [0.1, 0.15) is 0 Å². The van der Waals surface area contributed by atoms with Gasteiger partial charge in [-0.15, -0.1) is 0 Å². The normalized spacial score (nSPS) is 19.1. The third-order valence-electron chi connectivity index (χ3n) is 3.47. The Morgan fingerprint density at radius 1 is 1.32 bits per heavy atom. The minimum atomic E-state index is -0.427. The first-order valence-electron chi connectivity index (χ1n) is 6.09. The zero-order valence-electron chi connectivity index (χ0n) is 10.2. The molecular weight excluding hydrogens is 242 g/mol. The van der Waals surface area contributed by atoms with Crippen LogP contribution in [0.4, 0.5) is 5.69 Å². The van der Waals surface area contributed by atoms with Gasteiger partial charge in [0.15, 0.2) is 0 Å². The summed E-state index contributed by atoms with van der Waals surface area (Å²) in [5.74, 6) is -0.919. The first kappa shape index (κ1) is 11.6. The lowest BCUT2D eigenvalue weighted by Gasteiger charge is -2.17. The fourth-order valence-electron chi connectivity index (χ4n) is 2.45. The van der Waals surface area contributed by atoms with Crippen molar-refractivity contribution in [2.45, 2.75) is 6.42 Å². The molecule has 1 aliphatic rings. The summed E-state index contributed by atoms with van der Waals surface area (Å²) in [6, 6.07) is 7.72. The van der Waals surface area contributed by atoms with Crippen molar-refractivity contribution < 1.29 is 9.59 Å². The predicted molar refractivity (Wildman–Crippen MR) is 71.4 cm³/mol. The van der Waals surface area contributed by atoms with Crippen LogP contribution in [-0.4, -0.2) is 23.3 Å². The van der Waals surface area contributed by atoms with Crippen LogP contribution in [0, 0.1) is 5.92 Å². The van der Waals surface area contributed by atoms with Gasteiger partial charge in [-0.25, -0.2) is 0 Å². The maximum Gasteiger partial charge on any atom is 0.227 e. The van der Waals surface area contributed by atoms with Crippen molar-refractivity contribution in [2.24, 2.45) is 11.7 Å². The molecule has 0 aliphatic carbocycles. The quantitative estimate of drug-likeness (QED) is 0.872. The van der Waals surface area contributed by atoms with Crippen LogP contribution in [0.25, 0.3) is 10.8 Å². The number of carbonyl (C=O) groups is 2. The summed E-state index contributed by atoms with van der Waals surface area (Å²) in [6.45, 7) is 0.337. The number of aromatic nitrogens is 1. The molecule has 2 N–H and O–H groups in total. The molecule has 1 aromatic heterocycles. The van der Waals surface area contributed by atoms with Crippen LogP contribution in [0.3, 0.4) is 0 Å². The van der Waals surface area contributed by atoms with E-state index in [1.54, 1.807) is 17.3 Å². The van der Waals surface area contributed by atoms with Gasteiger partial charge in [0, 0.05) is 29.9 Å². The molecule has 96 valence electrons. The highest BCUT2D eigenvalue weighted by molar-refractivity contribution is 6.06. The minimum Gasteiger partial charge on any atom is -0.369 e. The van der Waals surface area contributed by atoms with E-state index in [9.17, 15) is 9.59 Å². The van der Waals surface area contributed by atoms with Gasteiger partial charge in [-0.2, -0.15) is 0 Å². The fraction of sp³-hybridized carbons (Fsp3) is 0.214. The predicted octanol–water partition coefficient (Wildman–Crippen LogP) is 1.07. The summed E-state index contributed by atoms with van der Waals surface area (Å²) in [4.78, 5) is 29.0. The minimum absolute atomic E-state index is 0.0815. The maximum atomic E-state index is 12.0. The highest BCUT2D eigenvalue weighted by atomic mass is 16.2. The number of hydrogen-bond donors (Lipinski definition) is 1. The molecule has 2 heterocycles. The maximum absolute atomic E-state index is 12.0. The van der Waals surface area contributed by atoms with Gasteiger partial charge in [0.2, 0.25) is 11.8 Å². The number of amides is 2. The molecule has 1 atom stereocenters. The standard InChI is InChI=1S/C14H13N3O2/c15-14(19)10-5-13(18)17(8-10)12-7-16-6-9-3-1-2-4-11(9)12/h1-4,6-7,10H,5,8H2,(H2,15,19). The van der Waals surface area contributed by atoms with Crippen molar-refractivity contribution in [2.75, 3.05) is 11.4 Å². The molecule has 2 amide bonds. The summed E-state index contributed by atoms with van der Waals surface area (Å²) < 4.78 is 0. The largest absolute Gasteiger partial charge is 0.369 e. The molecule has 19 heavy (non-hydrogen) atoms. The Balaban J connectivity index is 2.05. The number of rotatable bonds is 2. The summed E-state index contributed by atoms with van der Waals surface area (Å²) in [6.07, 6.45) is 3.59. The van der Waals surface area contributed by atoms with Crippen LogP contribution in [0.1, 0.15) is 6.42 Å². The average molecular weight is 255 g/mol. The van der Waals surface area contributed by atoms with Crippen LogP contribution < -0.4 is 10.6 Å². The van der Waals surface area contributed by atoms with E-state index in [0.717, 1.165) is 16.5 Å². The SMILES string of the molecule is NC(=O)C1CC(=O)N(c2cncc3ccccc23)C1. The topological polar surface area (TPSA) is 76.3 Å². The number of pyridine rings is 1. The monoisotopic (exact) mass is 255 g/mol. The third kappa shape index (κ3) is 1.93. The lowest BCUT2D eigenvalue weighted by molar-refractivity contribution is -0.123. The lowest BCUT2D eigenvalue weighted by atomic mass is 10.1. The van der Waals surface area contributed by atoms with Gasteiger partial charge >= 0.3 is 0 Å². The molecule has 0 spiro atoms. The van der Waals surface area contributed by atoms with Gasteiger partial charge in [-0.3, -0.25) is 14.6 Å². The van der Waals surface area contributed by atoms with E-state index in [1.165, 1.54) is 0 Å². The Hall–Kier alpha value is -2.43. The molecule has 1 aliphatic heterocycles. The Kier molecular flexibility index (Phi) is 2.67. The molecule has 5 heteroatoms. The van der Waals surface area contributed by atoms with Crippen molar-refractivity contribution in [3.63, 3.8) is 0 Å². The number of primary amides is 1. The van der Waals surface area contributed by atoms with Crippen molar-refractivity contribution in [3.05, 3.63) is 36.7 Å². The lowest BCUT2D eigenvalue weighted by Crippen LogP contribution is -2.28. The van der Waals surface area contributed by atoms with Crippen LogP contribution in [0.5, 0.6) is 0 Å². The molecule has 1 fully saturated rings. The number of anilines is 1. The number of fused-ring (bicyclic) bond motifs is 1. The summed E-state index contributed by atoms with van der Waals surface area (Å²) in [5, 5.41) is 1.92. The van der Waals surface area contributed by atoms with Gasteiger partial charge in [-0.1, -0.05) is 24.3 Å². The molecule has 0 saturated carbocycles. The van der Waals surface area contributed by atoms with E-state index in [0.29, 0.717) is 6.54 Å². The molecule has 0 radical (unpaired) electrons. The molecule has 1 aromatic carbocycles. The molecule has 2 aromatic rings. The van der Waals surface area contributed by atoms with Gasteiger partial charge in [0.25, 0.3) is 0 Å². The van der Waals surface area contributed by atoms with E-state index in [1.807, 2.05) is 24.3 Å². The Labute approximate surface area is 110 Å². The van der Waals surface area contributed by atoms with Crippen molar-refractivity contribution in [1.82, 2.24) is 4.98 Å². The van der Waals surface area contributed by atoms with Crippen molar-refractivity contribution in [1.29, 1.82) is 0 Å². The van der Waals surface area contributed by atoms with Crippen LogP contribution in [-0.2, 0) is 9.59 Å². The van der Waals surface area contributed by atoms with Crippen LogP contribution in [0.2, 0.25) is 0 Å². The van der Waals surface area contributed by atoms with Gasteiger partial charge in [-0.05, 0) is 0 Å². The van der Waals surface area contributed by atoms with E-state index in [-0.39, 0.29) is 12.3 Å². The number of hydrogen-bond acceptors (Lipinski definition) is 3. The number of nitrogens with zero attached hydrogens (tertiary/aromatic N) is 2. The molecule has 1 saturated heterocycles. The number of benzene rings is 1. The molecular formula is C14H13N3O2. The Bertz CT molecular complexity index is 663. The van der Waals surface area contributed by atoms with E-state index in [4.69, 9.17) is 5.73 Å². The van der Waals surface area contributed by atoms with E-state index in [2.05, 4.69) is 4.98 Å². The summed E-state index contributed by atoms with van der Waals surface area (Å²) in [7, 11) is 0. The fourth-order valence-corrected chi connectivity index (χ4v) is 2.45. The summed E-state index contributed by atoms with van der Waals surface area (Å²) in [5.41, 5.74) is 6.02. The van der Waals surface area contributed by atoms with Crippen LogP contribution in [0.15, 0.2) is 36.7 Å². The molecule has 3 rings (SSSR count). The van der Waals surface area contributed by atoms with Crippen molar-refractivity contribution in [3.8, 4) is 0 Å². The van der Waals surface area contributed by atoms with Crippen LogP contribution >= 0.6 is 0 Å². The second-order valence-electron chi connectivity index (χ2n) is 4.69. The van der Waals surface area contributed by atoms with Gasteiger partial charge in [0.05, 0.1) is 17.8 Å². The molecule has 1 unspecified atom stereocenters. The van der Waals surface area contributed by atoms with Gasteiger partial charge < -0.3 is 10.6 Å². The number of carbonyl (C=O) groups excluding carboxylic acids is 2. The zero-order chi connectivity index (χ0) is 13.4. The molecule has 5 nitrogen and oxygen atoms in total. The Morgan fingerprint density at radius 3 is 2.84 bits per heavy atom. The zero-order valence-corrected chi connectivity index (χ0v) is 10.2.